The zero-order valence-corrected chi connectivity index (χ0v) is 17.3. The Morgan fingerprint density at radius 3 is 2.42 bits per heavy atom. The van der Waals surface area contributed by atoms with E-state index >= 15 is 0 Å². The van der Waals surface area contributed by atoms with Crippen LogP contribution in [0.15, 0.2) is 4.99 Å². The number of nitrogens with one attached hydrogen (secondary N) is 1. The molecule has 2 N–H and O–H groups in total. The smallest absolute Gasteiger partial charge is 0.193 e. The molecule has 3 rings (SSSR count). The minimum Gasteiger partial charge on any atom is -0.388 e. The monoisotopic (exact) mass is 451 g/mol. The summed E-state index contributed by atoms with van der Waals surface area (Å²) in [6.07, 6.45) is 10.7. The number of nitrogens with zero attached hydrogens (tertiary/aromatic N) is 2. The van der Waals surface area contributed by atoms with Crippen LogP contribution in [0, 0.1) is 5.92 Å². The predicted octanol–water partition coefficient (Wildman–Crippen LogP) is 2.77. The highest BCUT2D eigenvalue weighted by Crippen LogP contribution is 2.30. The van der Waals surface area contributed by atoms with Crippen molar-refractivity contribution >= 4 is 29.9 Å². The van der Waals surface area contributed by atoms with Crippen LogP contribution >= 0.6 is 24.0 Å². The van der Waals surface area contributed by atoms with Crippen LogP contribution in [0.5, 0.6) is 0 Å². The first-order chi connectivity index (χ1) is 11.2. The molecule has 0 aromatic rings. The Bertz CT molecular complexity index is 401. The highest BCUT2D eigenvalue weighted by Gasteiger charge is 2.30. The van der Waals surface area contributed by atoms with E-state index < -0.39 is 5.60 Å². The zero-order valence-electron chi connectivity index (χ0n) is 15.0. The first-order valence-electron chi connectivity index (χ1n) is 9.48. The average molecular weight is 451 g/mol. The molecule has 24 heavy (non-hydrogen) atoms. The lowest BCUT2D eigenvalue weighted by molar-refractivity contribution is 0.00489. The maximum Gasteiger partial charge on any atom is 0.193 e. The van der Waals surface area contributed by atoms with E-state index in [1.165, 1.54) is 19.3 Å². The van der Waals surface area contributed by atoms with Crippen molar-refractivity contribution < 1.29 is 9.84 Å². The van der Waals surface area contributed by atoms with E-state index in [0.717, 1.165) is 70.1 Å². The van der Waals surface area contributed by atoms with Gasteiger partial charge in [-0.05, 0) is 44.4 Å². The van der Waals surface area contributed by atoms with Gasteiger partial charge >= 0.3 is 0 Å². The van der Waals surface area contributed by atoms with Gasteiger partial charge in [0.1, 0.15) is 0 Å². The minimum atomic E-state index is -0.542. The lowest BCUT2D eigenvalue weighted by atomic mass is 9.85. The standard InChI is InChI=1S/C18H33N3O2.HI/c1-19-17(20-14-18(22)9-3-2-4-10-18)21-11-7-16(8-12-21)23-13-15-5-6-15;/h15-16,22H,2-14H2,1H3,(H,19,20);1H. The largest absolute Gasteiger partial charge is 0.388 e. The van der Waals surface area contributed by atoms with Gasteiger partial charge in [0.15, 0.2) is 5.96 Å². The number of rotatable bonds is 5. The summed E-state index contributed by atoms with van der Waals surface area (Å²) < 4.78 is 6.01. The maximum absolute atomic E-state index is 10.6. The topological polar surface area (TPSA) is 57.1 Å². The van der Waals surface area contributed by atoms with Crippen molar-refractivity contribution in [2.24, 2.45) is 10.9 Å². The number of aliphatic imine (C=N–C) groups is 1. The Hall–Kier alpha value is -0.0800. The normalized spacial score (nSPS) is 25.2. The van der Waals surface area contributed by atoms with Crippen molar-refractivity contribution in [3.63, 3.8) is 0 Å². The van der Waals surface area contributed by atoms with E-state index in [2.05, 4.69) is 15.2 Å². The van der Waals surface area contributed by atoms with Crippen LogP contribution in [0.2, 0.25) is 0 Å². The highest BCUT2D eigenvalue weighted by molar-refractivity contribution is 14.0. The molecule has 3 aliphatic rings. The van der Waals surface area contributed by atoms with E-state index in [9.17, 15) is 5.11 Å². The molecule has 0 radical (unpaired) electrons. The highest BCUT2D eigenvalue weighted by atomic mass is 127. The summed E-state index contributed by atoms with van der Waals surface area (Å²) in [5, 5.41) is 14.0. The molecular weight excluding hydrogens is 417 g/mol. The second-order valence-electron chi connectivity index (χ2n) is 7.65. The van der Waals surface area contributed by atoms with Crippen molar-refractivity contribution in [1.82, 2.24) is 10.2 Å². The van der Waals surface area contributed by atoms with Crippen LogP contribution in [-0.2, 0) is 4.74 Å². The average Bonchev–Trinajstić information content (AvgIpc) is 3.39. The summed E-state index contributed by atoms with van der Waals surface area (Å²) in [4.78, 5) is 6.72. The van der Waals surface area contributed by atoms with Crippen LogP contribution in [0.4, 0.5) is 0 Å². The van der Waals surface area contributed by atoms with Crippen LogP contribution in [0.1, 0.15) is 57.8 Å². The molecule has 0 bridgehead atoms. The Kier molecular flexibility index (Phi) is 8.07. The number of likely N-dealkylation sites (tertiary alicyclic amines) is 1. The SMILES string of the molecule is CN=C(NCC1(O)CCCCC1)N1CCC(OCC2CC2)CC1.I. The quantitative estimate of drug-likeness (QED) is 0.384. The molecule has 1 heterocycles. The van der Waals surface area contributed by atoms with Gasteiger partial charge < -0.3 is 20.1 Å². The summed E-state index contributed by atoms with van der Waals surface area (Å²) in [6, 6.07) is 0. The molecule has 0 atom stereocenters. The molecule has 0 unspecified atom stereocenters. The second-order valence-corrected chi connectivity index (χ2v) is 7.65. The number of piperidine rings is 1. The van der Waals surface area contributed by atoms with Gasteiger partial charge in [0.05, 0.1) is 11.7 Å². The van der Waals surface area contributed by atoms with Gasteiger partial charge in [0, 0.05) is 33.3 Å². The predicted molar refractivity (Wildman–Crippen MR) is 108 cm³/mol. The molecule has 2 aliphatic carbocycles. The summed E-state index contributed by atoms with van der Waals surface area (Å²) in [5.74, 6) is 1.78. The number of hydrogen-bond donors (Lipinski definition) is 2. The van der Waals surface area contributed by atoms with Gasteiger partial charge in [0.25, 0.3) is 0 Å². The van der Waals surface area contributed by atoms with E-state index in [4.69, 9.17) is 4.74 Å². The van der Waals surface area contributed by atoms with Gasteiger partial charge in [-0.15, -0.1) is 24.0 Å². The van der Waals surface area contributed by atoms with E-state index in [0.29, 0.717) is 12.6 Å². The fourth-order valence-corrected chi connectivity index (χ4v) is 3.75. The lowest BCUT2D eigenvalue weighted by Gasteiger charge is -2.37. The molecule has 0 aromatic carbocycles. The molecule has 1 saturated heterocycles. The molecule has 3 fully saturated rings. The third-order valence-electron chi connectivity index (χ3n) is 5.58. The molecular formula is C18H34IN3O2. The second kappa shape index (κ2) is 9.57. The summed E-state index contributed by atoms with van der Waals surface area (Å²) in [6.45, 7) is 3.57. The number of halogens is 1. The van der Waals surface area contributed by atoms with Crippen LogP contribution in [-0.4, -0.2) is 61.0 Å². The molecule has 0 aromatic heterocycles. The van der Waals surface area contributed by atoms with Crippen molar-refractivity contribution in [2.75, 3.05) is 33.3 Å². The van der Waals surface area contributed by atoms with Gasteiger partial charge in [-0.1, -0.05) is 19.3 Å². The lowest BCUT2D eigenvalue weighted by Crippen LogP contribution is -2.51. The summed E-state index contributed by atoms with van der Waals surface area (Å²) in [7, 11) is 1.84. The molecule has 6 heteroatoms. The maximum atomic E-state index is 10.6. The first-order valence-corrected chi connectivity index (χ1v) is 9.48. The number of hydrogen-bond acceptors (Lipinski definition) is 3. The third kappa shape index (κ3) is 6.02. The first kappa shape index (κ1) is 20.2. The van der Waals surface area contributed by atoms with Crippen LogP contribution in [0.3, 0.4) is 0 Å². The van der Waals surface area contributed by atoms with Crippen molar-refractivity contribution in [1.29, 1.82) is 0 Å². The van der Waals surface area contributed by atoms with E-state index in [1.54, 1.807) is 0 Å². The number of ether oxygens (including phenoxy) is 1. The van der Waals surface area contributed by atoms with E-state index in [-0.39, 0.29) is 24.0 Å². The van der Waals surface area contributed by atoms with Gasteiger partial charge in [0.2, 0.25) is 0 Å². The minimum absolute atomic E-state index is 0. The van der Waals surface area contributed by atoms with Gasteiger partial charge in [-0.25, -0.2) is 0 Å². The summed E-state index contributed by atoms with van der Waals surface area (Å²) in [5.41, 5.74) is -0.542. The fourth-order valence-electron chi connectivity index (χ4n) is 3.75. The van der Waals surface area contributed by atoms with Gasteiger partial charge in [-0.3, -0.25) is 4.99 Å². The van der Waals surface area contributed by atoms with Crippen molar-refractivity contribution in [2.45, 2.75) is 69.5 Å². The summed E-state index contributed by atoms with van der Waals surface area (Å²) >= 11 is 0. The number of guanidine groups is 1. The van der Waals surface area contributed by atoms with Gasteiger partial charge in [-0.2, -0.15) is 0 Å². The van der Waals surface area contributed by atoms with E-state index in [1.807, 2.05) is 7.05 Å². The van der Waals surface area contributed by atoms with Crippen LogP contribution in [0.25, 0.3) is 0 Å². The molecule has 1 aliphatic heterocycles. The Morgan fingerprint density at radius 2 is 1.83 bits per heavy atom. The van der Waals surface area contributed by atoms with Crippen molar-refractivity contribution in [3.8, 4) is 0 Å². The molecule has 5 nitrogen and oxygen atoms in total. The van der Waals surface area contributed by atoms with Crippen LogP contribution < -0.4 is 5.32 Å². The molecule has 2 saturated carbocycles. The molecule has 0 spiro atoms. The zero-order chi connectivity index (χ0) is 16.1. The Labute approximate surface area is 163 Å². The third-order valence-corrected chi connectivity index (χ3v) is 5.58. The number of aliphatic hydroxyl groups is 1. The molecule has 0 amide bonds. The van der Waals surface area contributed by atoms with Crippen molar-refractivity contribution in [3.05, 3.63) is 0 Å². The molecule has 140 valence electrons. The Morgan fingerprint density at radius 1 is 1.17 bits per heavy atom. The fraction of sp³-hybridized carbons (Fsp3) is 0.944. The Balaban J connectivity index is 0.00000208.